The summed E-state index contributed by atoms with van der Waals surface area (Å²) < 4.78 is 0. The fraction of sp³-hybridized carbons (Fsp3) is 0.667. The van der Waals surface area contributed by atoms with Crippen LogP contribution in [0.4, 0.5) is 0 Å². The van der Waals surface area contributed by atoms with Crippen molar-refractivity contribution in [3.05, 3.63) is 21.9 Å². The lowest BCUT2D eigenvalue weighted by Crippen LogP contribution is -2.47. The van der Waals surface area contributed by atoms with E-state index in [1.165, 1.54) is 10.4 Å². The van der Waals surface area contributed by atoms with Crippen LogP contribution in [0.1, 0.15) is 49.5 Å². The molecule has 4 heteroatoms. The van der Waals surface area contributed by atoms with Gasteiger partial charge in [-0.15, -0.1) is 11.3 Å². The fourth-order valence-electron chi connectivity index (χ4n) is 2.50. The summed E-state index contributed by atoms with van der Waals surface area (Å²) in [5, 5.41) is 14.3. The Bertz CT molecular complexity index is 457. The van der Waals surface area contributed by atoms with E-state index in [4.69, 9.17) is 5.11 Å². The van der Waals surface area contributed by atoms with Crippen molar-refractivity contribution in [1.29, 1.82) is 0 Å². The number of aryl methyl sites for hydroxylation is 1. The summed E-state index contributed by atoms with van der Waals surface area (Å²) in [6.45, 7) is 6.28. The van der Waals surface area contributed by atoms with Gasteiger partial charge in [-0.3, -0.25) is 4.79 Å². The molecule has 1 aliphatic rings. The van der Waals surface area contributed by atoms with Gasteiger partial charge in [-0.1, -0.05) is 6.92 Å². The van der Waals surface area contributed by atoms with Crippen LogP contribution in [-0.4, -0.2) is 23.2 Å². The fourth-order valence-corrected chi connectivity index (χ4v) is 3.61. The van der Waals surface area contributed by atoms with Crippen molar-refractivity contribution in [2.24, 2.45) is 5.92 Å². The van der Waals surface area contributed by atoms with E-state index in [0.717, 1.165) is 12.8 Å². The average molecular weight is 281 g/mol. The summed E-state index contributed by atoms with van der Waals surface area (Å²) in [7, 11) is 0. The number of hydrogen-bond acceptors (Lipinski definition) is 3. The number of aliphatic hydroxyl groups is 1. The van der Waals surface area contributed by atoms with Crippen molar-refractivity contribution in [3.63, 3.8) is 0 Å². The van der Waals surface area contributed by atoms with Gasteiger partial charge < -0.3 is 10.4 Å². The largest absolute Gasteiger partial charge is 0.396 e. The Balaban J connectivity index is 1.94. The van der Waals surface area contributed by atoms with Gasteiger partial charge in [0.1, 0.15) is 0 Å². The van der Waals surface area contributed by atoms with Gasteiger partial charge >= 0.3 is 0 Å². The highest BCUT2D eigenvalue weighted by Crippen LogP contribution is 2.50. The molecule has 106 valence electrons. The highest BCUT2D eigenvalue weighted by Gasteiger charge is 2.46. The summed E-state index contributed by atoms with van der Waals surface area (Å²) in [4.78, 5) is 13.6. The molecule has 1 heterocycles. The lowest BCUT2D eigenvalue weighted by Gasteiger charge is -2.29. The predicted molar refractivity (Wildman–Crippen MR) is 78.4 cm³/mol. The SMILES string of the molecule is CCC(C)(CCO)NC(=O)C1CC1c1sccc1C. The van der Waals surface area contributed by atoms with Crippen LogP contribution in [0, 0.1) is 12.8 Å². The topological polar surface area (TPSA) is 49.3 Å². The van der Waals surface area contributed by atoms with Crippen LogP contribution in [0.25, 0.3) is 0 Å². The molecule has 2 N–H and O–H groups in total. The predicted octanol–water partition coefficient (Wildman–Crippen LogP) is 2.83. The minimum absolute atomic E-state index is 0.114. The van der Waals surface area contributed by atoms with E-state index in [-0.39, 0.29) is 24.0 Å². The first-order valence-electron chi connectivity index (χ1n) is 6.97. The van der Waals surface area contributed by atoms with Crippen molar-refractivity contribution in [2.75, 3.05) is 6.61 Å². The van der Waals surface area contributed by atoms with Crippen molar-refractivity contribution in [2.45, 2.75) is 51.5 Å². The van der Waals surface area contributed by atoms with E-state index in [2.05, 4.69) is 23.7 Å². The second kappa shape index (κ2) is 5.63. The van der Waals surface area contributed by atoms with Crippen LogP contribution < -0.4 is 5.32 Å². The maximum atomic E-state index is 12.3. The first-order valence-corrected chi connectivity index (χ1v) is 7.85. The summed E-state index contributed by atoms with van der Waals surface area (Å²) in [5.74, 6) is 0.688. The number of rotatable bonds is 6. The number of nitrogens with one attached hydrogen (secondary N) is 1. The second-order valence-electron chi connectivity index (χ2n) is 5.79. The smallest absolute Gasteiger partial charge is 0.224 e. The Morgan fingerprint density at radius 2 is 2.37 bits per heavy atom. The first kappa shape index (κ1) is 14.5. The summed E-state index contributed by atoms with van der Waals surface area (Å²) in [5.41, 5.74) is 1.03. The third-order valence-electron chi connectivity index (χ3n) is 4.23. The quantitative estimate of drug-likeness (QED) is 0.842. The molecule has 1 aliphatic carbocycles. The van der Waals surface area contributed by atoms with Gasteiger partial charge in [0, 0.05) is 28.9 Å². The molecule has 2 rings (SSSR count). The Kier molecular flexibility index (Phi) is 4.31. The highest BCUT2D eigenvalue weighted by atomic mass is 32.1. The summed E-state index contributed by atoms with van der Waals surface area (Å²) >= 11 is 1.76. The van der Waals surface area contributed by atoms with Crippen LogP contribution in [0.5, 0.6) is 0 Å². The van der Waals surface area contributed by atoms with Crippen LogP contribution >= 0.6 is 11.3 Å². The molecule has 0 aliphatic heterocycles. The molecule has 3 nitrogen and oxygen atoms in total. The van der Waals surface area contributed by atoms with Crippen LogP contribution in [0.3, 0.4) is 0 Å². The van der Waals surface area contributed by atoms with Gasteiger partial charge in [-0.2, -0.15) is 0 Å². The van der Waals surface area contributed by atoms with Gasteiger partial charge in [0.25, 0.3) is 0 Å². The molecule has 0 radical (unpaired) electrons. The van der Waals surface area contributed by atoms with E-state index >= 15 is 0 Å². The molecular formula is C15H23NO2S. The molecule has 1 aromatic heterocycles. The minimum Gasteiger partial charge on any atom is -0.396 e. The maximum absolute atomic E-state index is 12.3. The standard InChI is InChI=1S/C15H23NO2S/c1-4-15(3,6-7-17)16-14(18)12-9-11(12)13-10(2)5-8-19-13/h5,8,11-12,17H,4,6-7,9H2,1-3H3,(H,16,18). The van der Waals surface area contributed by atoms with Crippen LogP contribution in [-0.2, 0) is 4.79 Å². The zero-order chi connectivity index (χ0) is 14.0. The van der Waals surface area contributed by atoms with Crippen molar-refractivity contribution in [3.8, 4) is 0 Å². The van der Waals surface area contributed by atoms with Gasteiger partial charge in [-0.25, -0.2) is 0 Å². The van der Waals surface area contributed by atoms with Crippen LogP contribution in [0.2, 0.25) is 0 Å². The van der Waals surface area contributed by atoms with Gasteiger partial charge in [0.15, 0.2) is 0 Å². The second-order valence-corrected chi connectivity index (χ2v) is 6.74. The van der Waals surface area contributed by atoms with Crippen LogP contribution in [0.15, 0.2) is 11.4 Å². The highest BCUT2D eigenvalue weighted by molar-refractivity contribution is 7.10. The molecule has 1 aromatic rings. The maximum Gasteiger partial charge on any atom is 0.224 e. The van der Waals surface area contributed by atoms with E-state index in [9.17, 15) is 4.79 Å². The molecule has 1 amide bonds. The number of aliphatic hydroxyl groups excluding tert-OH is 1. The first-order chi connectivity index (χ1) is 9.00. The zero-order valence-electron chi connectivity index (χ0n) is 11.9. The third kappa shape index (κ3) is 3.18. The number of carbonyl (C=O) groups is 1. The lowest BCUT2D eigenvalue weighted by molar-refractivity contribution is -0.124. The molecular weight excluding hydrogens is 258 g/mol. The summed E-state index contributed by atoms with van der Waals surface area (Å²) in [6, 6.07) is 2.12. The van der Waals surface area contributed by atoms with Gasteiger partial charge in [0.05, 0.1) is 0 Å². The normalized spacial score (nSPS) is 24.8. The Labute approximate surface area is 119 Å². The van der Waals surface area contributed by atoms with Gasteiger partial charge in [0.2, 0.25) is 5.91 Å². The van der Waals surface area contributed by atoms with Crippen molar-refractivity contribution >= 4 is 17.2 Å². The lowest BCUT2D eigenvalue weighted by atomic mass is 9.94. The van der Waals surface area contributed by atoms with E-state index in [0.29, 0.717) is 12.3 Å². The van der Waals surface area contributed by atoms with E-state index in [1.807, 2.05) is 13.8 Å². The molecule has 0 saturated heterocycles. The molecule has 0 spiro atoms. The molecule has 3 unspecified atom stereocenters. The monoisotopic (exact) mass is 281 g/mol. The molecule has 0 aromatic carbocycles. The minimum atomic E-state index is -0.274. The molecule has 1 saturated carbocycles. The zero-order valence-corrected chi connectivity index (χ0v) is 12.7. The number of carbonyl (C=O) groups excluding carboxylic acids is 1. The molecule has 0 bridgehead atoms. The molecule has 3 atom stereocenters. The molecule has 19 heavy (non-hydrogen) atoms. The Morgan fingerprint density at radius 1 is 1.63 bits per heavy atom. The Morgan fingerprint density at radius 3 is 2.89 bits per heavy atom. The van der Waals surface area contributed by atoms with Gasteiger partial charge in [-0.05, 0) is 50.1 Å². The summed E-state index contributed by atoms with van der Waals surface area (Å²) in [6.07, 6.45) is 2.42. The Hall–Kier alpha value is -0.870. The average Bonchev–Trinajstić information content (AvgIpc) is 3.05. The number of thiophene rings is 1. The van der Waals surface area contributed by atoms with E-state index in [1.54, 1.807) is 11.3 Å². The van der Waals surface area contributed by atoms with E-state index < -0.39 is 0 Å². The molecule has 1 fully saturated rings. The third-order valence-corrected chi connectivity index (χ3v) is 5.39. The number of hydrogen-bond donors (Lipinski definition) is 2. The van der Waals surface area contributed by atoms with Crippen molar-refractivity contribution < 1.29 is 9.90 Å². The number of amides is 1. The van der Waals surface area contributed by atoms with Crippen molar-refractivity contribution in [1.82, 2.24) is 5.32 Å².